The van der Waals surface area contributed by atoms with Crippen LogP contribution in [0.15, 0.2) is 39.7 Å². The normalized spacial score (nSPS) is 21.0. The molecule has 1 saturated carbocycles. The van der Waals surface area contributed by atoms with Gasteiger partial charge in [0.15, 0.2) is 11.0 Å². The number of anilines is 1. The fraction of sp³-hybridized carbons (Fsp3) is 0.278. The van der Waals surface area contributed by atoms with Crippen molar-refractivity contribution in [2.24, 2.45) is 5.92 Å². The number of carbonyl (C=O) groups excluding carboxylic acids is 1. The van der Waals surface area contributed by atoms with E-state index in [9.17, 15) is 13.4 Å². The fourth-order valence-corrected chi connectivity index (χ4v) is 4.92. The number of fused-ring (bicyclic) bond motifs is 3. The lowest BCUT2D eigenvalue weighted by Gasteiger charge is -2.21. The lowest BCUT2D eigenvalue weighted by molar-refractivity contribution is 0.0596. The molecule has 3 unspecified atom stereocenters. The topological polar surface area (TPSA) is 64.6 Å². The summed E-state index contributed by atoms with van der Waals surface area (Å²) in [7, 11) is -0.416. The number of carbonyl (C=O) groups is 1. The number of halogens is 2. The Bertz CT molecular complexity index is 936. The summed E-state index contributed by atoms with van der Waals surface area (Å²) in [5.74, 6) is 0.424. The van der Waals surface area contributed by atoms with E-state index in [1.807, 2.05) is 6.07 Å². The Balaban J connectivity index is 1.72. The largest absolute Gasteiger partial charge is 0.492 e. The summed E-state index contributed by atoms with van der Waals surface area (Å²) in [4.78, 5) is 12.7. The summed E-state index contributed by atoms with van der Waals surface area (Å²) in [6.45, 7) is 0.567. The van der Waals surface area contributed by atoms with Gasteiger partial charge in [-0.05, 0) is 58.1 Å². The molecule has 1 fully saturated rings. The van der Waals surface area contributed by atoms with Crippen LogP contribution in [0.3, 0.4) is 0 Å². The van der Waals surface area contributed by atoms with Crippen molar-refractivity contribution >= 4 is 38.6 Å². The van der Waals surface area contributed by atoms with Gasteiger partial charge in [-0.2, -0.15) is 0 Å². The number of hydrogen-bond donors (Lipinski definition) is 1. The van der Waals surface area contributed by atoms with Crippen molar-refractivity contribution < 1.29 is 22.9 Å². The molecule has 3 atom stereocenters. The summed E-state index contributed by atoms with van der Waals surface area (Å²) >= 11 is 3.21. The van der Waals surface area contributed by atoms with Crippen molar-refractivity contribution in [3.8, 4) is 5.75 Å². The first kappa shape index (κ1) is 17.5. The number of benzene rings is 2. The molecule has 136 valence electrons. The van der Waals surface area contributed by atoms with Gasteiger partial charge in [-0.3, -0.25) is 0 Å². The van der Waals surface area contributed by atoms with Crippen molar-refractivity contribution in [3.63, 3.8) is 0 Å². The second-order valence-electron chi connectivity index (χ2n) is 6.26. The van der Waals surface area contributed by atoms with E-state index in [1.54, 1.807) is 6.07 Å². The first-order valence-electron chi connectivity index (χ1n) is 8.01. The molecule has 1 N–H and O–H groups in total. The van der Waals surface area contributed by atoms with E-state index in [0.29, 0.717) is 39.2 Å². The van der Waals surface area contributed by atoms with Crippen LogP contribution in [-0.4, -0.2) is 23.9 Å². The van der Waals surface area contributed by atoms with Crippen molar-refractivity contribution in [2.75, 3.05) is 18.4 Å². The molecular formula is C18H15BrFNO4S. The molecule has 2 aromatic carbocycles. The average molecular weight is 440 g/mol. The number of rotatable bonds is 4. The summed E-state index contributed by atoms with van der Waals surface area (Å²) in [6.07, 6.45) is 1.05. The quantitative estimate of drug-likeness (QED) is 0.730. The fourth-order valence-electron chi connectivity index (χ4n) is 3.22. The molecule has 0 spiro atoms. The van der Waals surface area contributed by atoms with Crippen LogP contribution in [0.25, 0.3) is 0 Å². The van der Waals surface area contributed by atoms with E-state index in [2.05, 4.69) is 20.7 Å². The minimum atomic E-state index is -1.71. The third-order valence-electron chi connectivity index (χ3n) is 4.64. The average Bonchev–Trinajstić information content (AvgIpc) is 3.40. The van der Waals surface area contributed by atoms with E-state index >= 15 is 0 Å². The van der Waals surface area contributed by atoms with E-state index in [0.717, 1.165) is 12.0 Å². The third-order valence-corrected chi connectivity index (χ3v) is 6.72. The minimum Gasteiger partial charge on any atom is -0.492 e. The summed E-state index contributed by atoms with van der Waals surface area (Å²) < 4.78 is 39.9. The van der Waals surface area contributed by atoms with Crippen LogP contribution < -0.4 is 9.46 Å². The zero-order chi connectivity index (χ0) is 18.4. The van der Waals surface area contributed by atoms with Crippen molar-refractivity contribution in [1.29, 1.82) is 0 Å². The molecule has 0 radical (unpaired) electrons. The Hall–Kier alpha value is -1.93. The van der Waals surface area contributed by atoms with Crippen LogP contribution in [0.1, 0.15) is 28.3 Å². The summed E-state index contributed by atoms with van der Waals surface area (Å²) in [5.41, 5.74) is 1.58. The number of hydrogen-bond acceptors (Lipinski definition) is 4. The summed E-state index contributed by atoms with van der Waals surface area (Å²) in [6, 6.07) is 7.49. The van der Waals surface area contributed by atoms with Crippen LogP contribution >= 0.6 is 15.9 Å². The van der Waals surface area contributed by atoms with E-state index in [-0.39, 0.29) is 5.56 Å². The van der Waals surface area contributed by atoms with Gasteiger partial charge in [0.25, 0.3) is 0 Å². The van der Waals surface area contributed by atoms with Gasteiger partial charge in [0, 0.05) is 10.4 Å². The highest BCUT2D eigenvalue weighted by atomic mass is 79.9. The Labute approximate surface area is 160 Å². The Morgan fingerprint density at radius 1 is 1.38 bits per heavy atom. The highest BCUT2D eigenvalue weighted by Gasteiger charge is 2.45. The Morgan fingerprint density at radius 3 is 2.92 bits per heavy atom. The van der Waals surface area contributed by atoms with Crippen LogP contribution in [0.5, 0.6) is 5.75 Å². The monoisotopic (exact) mass is 439 g/mol. The Morgan fingerprint density at radius 2 is 2.19 bits per heavy atom. The van der Waals surface area contributed by atoms with E-state index < -0.39 is 22.8 Å². The predicted molar refractivity (Wildman–Crippen MR) is 98.3 cm³/mol. The second kappa shape index (κ2) is 6.66. The highest BCUT2D eigenvalue weighted by molar-refractivity contribution is 9.10. The standard InChI is InChI=1S/C18H15BrFNO4S/c1-24-18(22)16-14(4-3-11-12-6-9(12)8-25-17(11)16)21-26(23)15-5-2-10(20)7-13(15)19/h2-5,7,9,12,21H,6,8H2,1H3. The van der Waals surface area contributed by atoms with Gasteiger partial charge in [0.1, 0.15) is 17.1 Å². The number of ether oxygens (including phenoxy) is 2. The second-order valence-corrected chi connectivity index (χ2v) is 8.29. The molecule has 1 aliphatic heterocycles. The highest BCUT2D eigenvalue weighted by Crippen LogP contribution is 2.55. The van der Waals surface area contributed by atoms with Gasteiger partial charge in [-0.25, -0.2) is 13.4 Å². The maximum Gasteiger partial charge on any atom is 0.343 e. The molecule has 2 aliphatic rings. The first-order chi connectivity index (χ1) is 12.5. The molecule has 0 aromatic heterocycles. The number of methoxy groups -OCH3 is 1. The van der Waals surface area contributed by atoms with Crippen molar-refractivity contribution in [3.05, 3.63) is 51.7 Å². The lowest BCUT2D eigenvalue weighted by atomic mass is 10.0. The number of nitrogens with one attached hydrogen (secondary N) is 1. The predicted octanol–water partition coefficient (Wildman–Crippen LogP) is 4.01. The van der Waals surface area contributed by atoms with E-state index in [4.69, 9.17) is 9.47 Å². The van der Waals surface area contributed by atoms with Gasteiger partial charge in [-0.1, -0.05) is 6.07 Å². The van der Waals surface area contributed by atoms with Gasteiger partial charge in [-0.15, -0.1) is 0 Å². The molecule has 5 nitrogen and oxygen atoms in total. The third kappa shape index (κ3) is 3.01. The molecule has 1 aliphatic carbocycles. The van der Waals surface area contributed by atoms with Crippen LogP contribution in [0, 0.1) is 11.7 Å². The molecule has 1 heterocycles. The molecular weight excluding hydrogens is 425 g/mol. The molecule has 8 heteroatoms. The molecule has 26 heavy (non-hydrogen) atoms. The zero-order valence-corrected chi connectivity index (χ0v) is 16.2. The van der Waals surface area contributed by atoms with Crippen molar-refractivity contribution in [2.45, 2.75) is 17.2 Å². The van der Waals surface area contributed by atoms with Gasteiger partial charge < -0.3 is 14.2 Å². The maximum atomic E-state index is 13.3. The zero-order valence-electron chi connectivity index (χ0n) is 13.8. The van der Waals surface area contributed by atoms with Crippen molar-refractivity contribution in [1.82, 2.24) is 0 Å². The Kier molecular flexibility index (Phi) is 4.48. The van der Waals surface area contributed by atoms with Gasteiger partial charge >= 0.3 is 5.97 Å². The smallest absolute Gasteiger partial charge is 0.343 e. The molecule has 0 bridgehead atoms. The van der Waals surface area contributed by atoms with Crippen LogP contribution in [0.4, 0.5) is 10.1 Å². The summed E-state index contributed by atoms with van der Waals surface area (Å²) in [5, 5.41) is 0. The van der Waals surface area contributed by atoms with Gasteiger partial charge in [0.2, 0.25) is 0 Å². The van der Waals surface area contributed by atoms with Crippen LogP contribution in [-0.2, 0) is 15.7 Å². The van der Waals surface area contributed by atoms with Gasteiger partial charge in [0.05, 0.1) is 24.3 Å². The molecule has 0 saturated heterocycles. The van der Waals surface area contributed by atoms with Crippen LogP contribution in [0.2, 0.25) is 0 Å². The lowest BCUT2D eigenvalue weighted by Crippen LogP contribution is -2.17. The molecule has 2 aromatic rings. The number of esters is 1. The SMILES string of the molecule is COC(=O)c1c(NS(=O)c2ccc(F)cc2Br)ccc2c1OCC1CC21. The molecule has 4 rings (SSSR count). The van der Waals surface area contributed by atoms with E-state index in [1.165, 1.54) is 25.3 Å². The maximum absolute atomic E-state index is 13.3. The molecule has 0 amide bonds. The minimum absolute atomic E-state index is 0.238. The first-order valence-corrected chi connectivity index (χ1v) is 9.95.